The molecule has 2 atom stereocenters. The fraction of sp³-hybridized carbons (Fsp3) is 0.200. The van der Waals surface area contributed by atoms with Crippen LogP contribution in [0.5, 0.6) is 0 Å². The summed E-state index contributed by atoms with van der Waals surface area (Å²) in [5.41, 5.74) is 9.96. The van der Waals surface area contributed by atoms with Gasteiger partial charge in [0.15, 0.2) is 0 Å². The van der Waals surface area contributed by atoms with E-state index >= 15 is 0 Å². The molecule has 2 aromatic carbocycles. The van der Waals surface area contributed by atoms with E-state index in [0.29, 0.717) is 12.2 Å². The third kappa shape index (κ3) is 3.39. The molecular weight excluding hydrogens is 225 g/mol. The molecule has 2 aromatic rings. The summed E-state index contributed by atoms with van der Waals surface area (Å²) in [5.74, 6) is 0. The topological polar surface area (TPSA) is 26.0 Å². The monoisotopic (exact) mass is 243 g/mol. The molecule has 0 heterocycles. The molecule has 0 aliphatic heterocycles. The normalized spacial score (nSPS) is 12.4. The van der Waals surface area contributed by atoms with Crippen molar-refractivity contribution < 1.29 is 0 Å². The second-order valence-electron chi connectivity index (χ2n) is 4.24. The first-order valence-corrected chi connectivity index (χ1v) is 6.54. The van der Waals surface area contributed by atoms with Gasteiger partial charge in [0.25, 0.3) is 0 Å². The summed E-state index contributed by atoms with van der Waals surface area (Å²) in [6.45, 7) is 0.612. The van der Waals surface area contributed by atoms with E-state index in [0.717, 1.165) is 6.42 Å². The summed E-state index contributed by atoms with van der Waals surface area (Å²) in [4.78, 5) is 0. The highest BCUT2D eigenvalue weighted by Gasteiger charge is 2.06. The summed E-state index contributed by atoms with van der Waals surface area (Å²) in [6.07, 6.45) is 1.05. The van der Waals surface area contributed by atoms with Crippen molar-refractivity contribution in [2.45, 2.75) is 18.6 Å². The van der Waals surface area contributed by atoms with Crippen molar-refractivity contribution in [3.05, 3.63) is 71.3 Å². The van der Waals surface area contributed by atoms with Crippen molar-refractivity contribution in [3.8, 4) is 0 Å². The predicted molar refractivity (Wildman–Crippen MR) is 76.9 cm³/mol. The highest BCUT2D eigenvalue weighted by atomic mass is 31.0. The first-order chi connectivity index (χ1) is 8.29. The minimum atomic E-state index is 0.462. The smallest absolute Gasteiger partial charge is 0.0178 e. The molecule has 17 heavy (non-hydrogen) atoms. The molecule has 2 rings (SSSR count). The van der Waals surface area contributed by atoms with Gasteiger partial charge in [0.1, 0.15) is 0 Å². The first-order valence-electron chi connectivity index (χ1n) is 5.88. The van der Waals surface area contributed by atoms with E-state index in [-0.39, 0.29) is 0 Å². The molecule has 0 fully saturated rings. The Hall–Kier alpha value is -1.17. The molecule has 0 aliphatic rings. The summed E-state index contributed by atoms with van der Waals surface area (Å²) < 4.78 is 0. The van der Waals surface area contributed by atoms with Gasteiger partial charge in [-0.15, -0.1) is 9.24 Å². The van der Waals surface area contributed by atoms with Crippen molar-refractivity contribution >= 4 is 9.24 Å². The van der Waals surface area contributed by atoms with E-state index in [2.05, 4.69) is 63.8 Å². The summed E-state index contributed by atoms with van der Waals surface area (Å²) in [6, 6.07) is 19.1. The van der Waals surface area contributed by atoms with E-state index in [4.69, 9.17) is 5.73 Å². The molecule has 2 unspecified atom stereocenters. The predicted octanol–water partition coefficient (Wildman–Crippen LogP) is 3.30. The molecule has 0 amide bonds. The second kappa shape index (κ2) is 5.95. The Labute approximate surface area is 105 Å². The average Bonchev–Trinajstić information content (AvgIpc) is 2.40. The molecular formula is C15H18NP. The van der Waals surface area contributed by atoms with Crippen molar-refractivity contribution in [1.29, 1.82) is 0 Å². The molecule has 2 N–H and O–H groups in total. The number of hydrogen-bond donors (Lipinski definition) is 1. The summed E-state index contributed by atoms with van der Waals surface area (Å²) in [5, 5.41) is 0. The van der Waals surface area contributed by atoms with Gasteiger partial charge in [-0.1, -0.05) is 54.6 Å². The lowest BCUT2D eigenvalue weighted by molar-refractivity contribution is 0.930. The molecule has 88 valence electrons. The van der Waals surface area contributed by atoms with Crippen LogP contribution in [0.15, 0.2) is 54.6 Å². The SMILES string of the molecule is NCc1ccc(C(P)Cc2ccccc2)cc1. The van der Waals surface area contributed by atoms with E-state index in [1.807, 2.05) is 0 Å². The van der Waals surface area contributed by atoms with E-state index in [1.165, 1.54) is 16.7 Å². The highest BCUT2D eigenvalue weighted by molar-refractivity contribution is 7.17. The van der Waals surface area contributed by atoms with Crippen molar-refractivity contribution in [2.75, 3.05) is 0 Å². The average molecular weight is 243 g/mol. The molecule has 0 bridgehead atoms. The standard InChI is InChI=1S/C15H18NP/c16-11-13-6-8-14(9-7-13)15(17)10-12-4-2-1-3-5-12/h1-9,15H,10-11,16-17H2. The maximum atomic E-state index is 5.59. The minimum Gasteiger partial charge on any atom is -0.326 e. The third-order valence-electron chi connectivity index (χ3n) is 2.94. The number of hydrogen-bond acceptors (Lipinski definition) is 1. The zero-order chi connectivity index (χ0) is 12.1. The van der Waals surface area contributed by atoms with Gasteiger partial charge in [-0.3, -0.25) is 0 Å². The van der Waals surface area contributed by atoms with Crippen LogP contribution in [0.3, 0.4) is 0 Å². The maximum Gasteiger partial charge on any atom is 0.0178 e. The lowest BCUT2D eigenvalue weighted by Gasteiger charge is -2.12. The van der Waals surface area contributed by atoms with Crippen molar-refractivity contribution in [1.82, 2.24) is 0 Å². The van der Waals surface area contributed by atoms with E-state index in [1.54, 1.807) is 0 Å². The molecule has 0 spiro atoms. The first kappa shape index (κ1) is 12.3. The van der Waals surface area contributed by atoms with Crippen LogP contribution in [0.1, 0.15) is 22.3 Å². The molecule has 1 nitrogen and oxygen atoms in total. The number of benzene rings is 2. The lowest BCUT2D eigenvalue weighted by Crippen LogP contribution is -1.98. The molecule has 0 aromatic heterocycles. The fourth-order valence-electron chi connectivity index (χ4n) is 1.89. The third-order valence-corrected chi connectivity index (χ3v) is 3.56. The van der Waals surface area contributed by atoms with Crippen LogP contribution in [0.4, 0.5) is 0 Å². The van der Waals surface area contributed by atoms with Crippen LogP contribution in [-0.4, -0.2) is 0 Å². The fourth-order valence-corrected chi connectivity index (χ4v) is 2.38. The van der Waals surface area contributed by atoms with Crippen molar-refractivity contribution in [2.24, 2.45) is 5.73 Å². The van der Waals surface area contributed by atoms with E-state index in [9.17, 15) is 0 Å². The van der Waals surface area contributed by atoms with Gasteiger partial charge >= 0.3 is 0 Å². The minimum absolute atomic E-state index is 0.462. The van der Waals surface area contributed by atoms with Crippen LogP contribution in [0, 0.1) is 0 Å². The summed E-state index contributed by atoms with van der Waals surface area (Å²) in [7, 11) is 2.92. The Kier molecular flexibility index (Phi) is 4.30. The Balaban J connectivity index is 2.06. The van der Waals surface area contributed by atoms with Gasteiger partial charge in [0.05, 0.1) is 0 Å². The Bertz CT molecular complexity index is 450. The Morgan fingerprint density at radius 1 is 0.882 bits per heavy atom. The van der Waals surface area contributed by atoms with Gasteiger partial charge in [0, 0.05) is 12.2 Å². The van der Waals surface area contributed by atoms with Gasteiger partial charge in [-0.05, 0) is 23.1 Å². The van der Waals surface area contributed by atoms with E-state index < -0.39 is 0 Å². The van der Waals surface area contributed by atoms with Gasteiger partial charge in [-0.25, -0.2) is 0 Å². The number of nitrogens with two attached hydrogens (primary N) is 1. The lowest BCUT2D eigenvalue weighted by atomic mass is 10.0. The quantitative estimate of drug-likeness (QED) is 0.819. The maximum absolute atomic E-state index is 5.59. The molecule has 2 heteroatoms. The highest BCUT2D eigenvalue weighted by Crippen LogP contribution is 2.27. The van der Waals surface area contributed by atoms with Gasteiger partial charge in [0.2, 0.25) is 0 Å². The molecule has 0 saturated heterocycles. The van der Waals surface area contributed by atoms with Crippen LogP contribution in [0.2, 0.25) is 0 Å². The Morgan fingerprint density at radius 2 is 1.53 bits per heavy atom. The zero-order valence-corrected chi connectivity index (χ0v) is 11.0. The molecule has 0 aliphatic carbocycles. The van der Waals surface area contributed by atoms with Gasteiger partial charge < -0.3 is 5.73 Å². The number of rotatable bonds is 4. The van der Waals surface area contributed by atoms with Crippen LogP contribution in [0.25, 0.3) is 0 Å². The van der Waals surface area contributed by atoms with Crippen LogP contribution in [-0.2, 0) is 13.0 Å². The van der Waals surface area contributed by atoms with Gasteiger partial charge in [-0.2, -0.15) is 0 Å². The van der Waals surface area contributed by atoms with Crippen molar-refractivity contribution in [3.63, 3.8) is 0 Å². The molecule has 0 radical (unpaired) electrons. The summed E-state index contributed by atoms with van der Waals surface area (Å²) >= 11 is 0. The largest absolute Gasteiger partial charge is 0.326 e. The zero-order valence-electron chi connectivity index (χ0n) is 9.84. The Morgan fingerprint density at radius 3 is 2.12 bits per heavy atom. The second-order valence-corrected chi connectivity index (χ2v) is 5.05. The molecule has 0 saturated carbocycles. The van der Waals surface area contributed by atoms with Crippen LogP contribution < -0.4 is 5.73 Å². The van der Waals surface area contributed by atoms with Crippen LogP contribution >= 0.6 is 9.24 Å².